The van der Waals surface area contributed by atoms with Gasteiger partial charge in [-0.1, -0.05) is 41.9 Å². The first-order chi connectivity index (χ1) is 11.0. The number of hydrogen-bond donors (Lipinski definition) is 2. The van der Waals surface area contributed by atoms with E-state index >= 15 is 0 Å². The van der Waals surface area contributed by atoms with Crippen LogP contribution in [0.3, 0.4) is 0 Å². The second-order valence-corrected chi connectivity index (χ2v) is 4.98. The maximum absolute atomic E-state index is 12.0. The van der Waals surface area contributed by atoms with Crippen molar-refractivity contribution in [3.63, 3.8) is 0 Å². The number of methoxy groups -OCH3 is 1. The van der Waals surface area contributed by atoms with Crippen LogP contribution < -0.4 is 5.32 Å². The topological polar surface area (TPSA) is 75.6 Å². The average molecular weight is 332 g/mol. The Labute approximate surface area is 138 Å². The minimum absolute atomic E-state index is 0.177. The van der Waals surface area contributed by atoms with Crippen LogP contribution in [-0.4, -0.2) is 24.1 Å². The van der Waals surface area contributed by atoms with Crippen LogP contribution in [0.15, 0.2) is 54.6 Å². The fraction of sp³-hybridized carbons (Fsp3) is 0.0588. The molecule has 0 unspecified atom stereocenters. The van der Waals surface area contributed by atoms with Gasteiger partial charge in [0.15, 0.2) is 0 Å². The van der Waals surface area contributed by atoms with Gasteiger partial charge in [0.05, 0.1) is 23.4 Å². The quantitative estimate of drug-likeness (QED) is 0.509. The zero-order valence-corrected chi connectivity index (χ0v) is 13.0. The summed E-state index contributed by atoms with van der Waals surface area (Å²) in [5, 5.41) is 12.7. The Morgan fingerprint density at radius 1 is 1.13 bits per heavy atom. The summed E-state index contributed by atoms with van der Waals surface area (Å²) in [6.07, 6.45) is 1.04. The van der Waals surface area contributed by atoms with Crippen LogP contribution in [-0.2, 0) is 9.53 Å². The van der Waals surface area contributed by atoms with Gasteiger partial charge in [-0.25, -0.2) is 4.79 Å². The zero-order chi connectivity index (χ0) is 16.8. The van der Waals surface area contributed by atoms with Gasteiger partial charge in [0.2, 0.25) is 0 Å². The molecule has 0 saturated carbocycles. The number of carbonyl (C=O) groups excluding carboxylic acids is 2. The molecule has 5 nitrogen and oxygen atoms in total. The molecule has 0 fully saturated rings. The molecule has 1 amide bonds. The van der Waals surface area contributed by atoms with Gasteiger partial charge in [-0.3, -0.25) is 4.79 Å². The van der Waals surface area contributed by atoms with Crippen molar-refractivity contribution < 1.29 is 19.4 Å². The Kier molecular flexibility index (Phi) is 5.38. The van der Waals surface area contributed by atoms with E-state index in [0.717, 1.165) is 6.08 Å². The molecular weight excluding hydrogens is 318 g/mol. The number of benzene rings is 2. The SMILES string of the molecule is COC(=O)c1ccc(Cl)c(NC(=O)C=C(O)c2ccccc2)c1. The van der Waals surface area contributed by atoms with E-state index in [-0.39, 0.29) is 22.0 Å². The average Bonchev–Trinajstić information content (AvgIpc) is 2.56. The highest BCUT2D eigenvalue weighted by atomic mass is 35.5. The molecule has 0 saturated heterocycles. The van der Waals surface area contributed by atoms with E-state index in [1.165, 1.54) is 25.3 Å². The van der Waals surface area contributed by atoms with Gasteiger partial charge in [0, 0.05) is 11.6 Å². The van der Waals surface area contributed by atoms with Gasteiger partial charge < -0.3 is 15.2 Å². The summed E-state index contributed by atoms with van der Waals surface area (Å²) >= 11 is 5.99. The van der Waals surface area contributed by atoms with Crippen LogP contribution in [0, 0.1) is 0 Å². The molecule has 2 N–H and O–H groups in total. The van der Waals surface area contributed by atoms with Crippen LogP contribution >= 0.6 is 11.6 Å². The first kappa shape index (κ1) is 16.6. The number of amides is 1. The van der Waals surface area contributed by atoms with E-state index in [4.69, 9.17) is 11.6 Å². The Balaban J connectivity index is 2.18. The first-order valence-corrected chi connectivity index (χ1v) is 7.04. The van der Waals surface area contributed by atoms with Crippen LogP contribution in [0.1, 0.15) is 15.9 Å². The molecule has 2 aromatic rings. The fourth-order valence-electron chi connectivity index (χ4n) is 1.85. The lowest BCUT2D eigenvalue weighted by atomic mass is 10.1. The molecule has 0 radical (unpaired) electrons. The molecule has 2 rings (SSSR count). The molecule has 23 heavy (non-hydrogen) atoms. The van der Waals surface area contributed by atoms with Gasteiger partial charge in [0.1, 0.15) is 5.76 Å². The monoisotopic (exact) mass is 331 g/mol. The van der Waals surface area contributed by atoms with Crippen LogP contribution in [0.2, 0.25) is 5.02 Å². The molecule has 0 spiro atoms. The van der Waals surface area contributed by atoms with Crippen molar-refractivity contribution in [3.8, 4) is 0 Å². The number of rotatable bonds is 4. The zero-order valence-electron chi connectivity index (χ0n) is 12.2. The molecule has 0 heterocycles. The van der Waals surface area contributed by atoms with Crippen LogP contribution in [0.5, 0.6) is 0 Å². The van der Waals surface area contributed by atoms with Crippen molar-refractivity contribution in [2.75, 3.05) is 12.4 Å². The number of esters is 1. The van der Waals surface area contributed by atoms with Crippen molar-refractivity contribution in [2.24, 2.45) is 0 Å². The Bertz CT molecular complexity index is 756. The van der Waals surface area contributed by atoms with E-state index < -0.39 is 11.9 Å². The molecule has 2 aromatic carbocycles. The fourth-order valence-corrected chi connectivity index (χ4v) is 2.02. The Morgan fingerprint density at radius 3 is 2.48 bits per heavy atom. The highest BCUT2D eigenvalue weighted by Gasteiger charge is 2.11. The lowest BCUT2D eigenvalue weighted by Crippen LogP contribution is -2.10. The van der Waals surface area contributed by atoms with Crippen molar-refractivity contribution in [1.29, 1.82) is 0 Å². The van der Waals surface area contributed by atoms with Crippen LogP contribution in [0.25, 0.3) is 5.76 Å². The van der Waals surface area contributed by atoms with Crippen molar-refractivity contribution in [2.45, 2.75) is 0 Å². The summed E-state index contributed by atoms with van der Waals surface area (Å²) in [7, 11) is 1.26. The molecule has 0 aromatic heterocycles. The number of aliphatic hydroxyl groups excluding tert-OH is 1. The summed E-state index contributed by atoms with van der Waals surface area (Å²) < 4.78 is 4.61. The van der Waals surface area contributed by atoms with Gasteiger partial charge >= 0.3 is 5.97 Å². The number of anilines is 1. The lowest BCUT2D eigenvalue weighted by Gasteiger charge is -2.07. The first-order valence-electron chi connectivity index (χ1n) is 6.66. The number of carbonyl (C=O) groups is 2. The molecule has 118 valence electrons. The van der Waals surface area contributed by atoms with Crippen molar-refractivity contribution in [1.82, 2.24) is 0 Å². The Hall–Kier alpha value is -2.79. The van der Waals surface area contributed by atoms with Crippen molar-refractivity contribution in [3.05, 3.63) is 70.8 Å². The predicted octanol–water partition coefficient (Wildman–Crippen LogP) is 3.66. The summed E-state index contributed by atoms with van der Waals surface area (Å²) in [6.45, 7) is 0. The summed E-state index contributed by atoms with van der Waals surface area (Å²) in [6, 6.07) is 13.0. The minimum Gasteiger partial charge on any atom is -0.507 e. The van der Waals surface area contributed by atoms with E-state index in [9.17, 15) is 14.7 Å². The van der Waals surface area contributed by atoms with E-state index in [0.29, 0.717) is 5.56 Å². The number of aliphatic hydroxyl groups is 1. The number of hydrogen-bond acceptors (Lipinski definition) is 4. The number of halogens is 1. The molecule has 0 aliphatic rings. The van der Waals surface area contributed by atoms with E-state index in [2.05, 4.69) is 10.1 Å². The minimum atomic E-state index is -0.574. The maximum Gasteiger partial charge on any atom is 0.337 e. The predicted molar refractivity (Wildman–Crippen MR) is 88.5 cm³/mol. The van der Waals surface area contributed by atoms with Crippen LogP contribution in [0.4, 0.5) is 5.69 Å². The molecule has 6 heteroatoms. The highest BCUT2D eigenvalue weighted by Crippen LogP contribution is 2.23. The highest BCUT2D eigenvalue weighted by molar-refractivity contribution is 6.34. The maximum atomic E-state index is 12.0. The lowest BCUT2D eigenvalue weighted by molar-refractivity contribution is -0.111. The largest absolute Gasteiger partial charge is 0.507 e. The van der Waals surface area contributed by atoms with Gasteiger partial charge in [-0.05, 0) is 18.2 Å². The summed E-state index contributed by atoms with van der Waals surface area (Å²) in [4.78, 5) is 23.5. The summed E-state index contributed by atoms with van der Waals surface area (Å²) in [5.74, 6) is -1.29. The third-order valence-electron chi connectivity index (χ3n) is 2.98. The molecule has 0 aliphatic carbocycles. The molecular formula is C17H14ClNO4. The smallest absolute Gasteiger partial charge is 0.337 e. The summed E-state index contributed by atoms with van der Waals surface area (Å²) in [5.41, 5.74) is 1.01. The third-order valence-corrected chi connectivity index (χ3v) is 3.31. The number of ether oxygens (including phenoxy) is 1. The standard InChI is InChI=1S/C17H14ClNO4/c1-23-17(22)12-7-8-13(18)14(9-12)19-16(21)10-15(20)11-5-3-2-4-6-11/h2-10,20H,1H3,(H,19,21). The third kappa shape index (κ3) is 4.34. The van der Waals surface area contributed by atoms with Gasteiger partial charge in [0.25, 0.3) is 5.91 Å². The second kappa shape index (κ2) is 7.47. The normalized spacial score (nSPS) is 11.0. The molecule has 0 atom stereocenters. The van der Waals surface area contributed by atoms with E-state index in [1.54, 1.807) is 30.3 Å². The van der Waals surface area contributed by atoms with Gasteiger partial charge in [-0.2, -0.15) is 0 Å². The molecule has 0 bridgehead atoms. The van der Waals surface area contributed by atoms with E-state index in [1.807, 2.05) is 0 Å². The van der Waals surface area contributed by atoms with Gasteiger partial charge in [-0.15, -0.1) is 0 Å². The molecule has 0 aliphatic heterocycles. The second-order valence-electron chi connectivity index (χ2n) is 4.57. The number of nitrogens with one attached hydrogen (secondary N) is 1. The Morgan fingerprint density at radius 2 is 1.83 bits per heavy atom. The van der Waals surface area contributed by atoms with Crippen molar-refractivity contribution >= 4 is 34.9 Å².